The normalized spacial score (nSPS) is 16.5. The first-order valence-corrected chi connectivity index (χ1v) is 10.3. The van der Waals surface area contributed by atoms with Gasteiger partial charge in [0.15, 0.2) is 0 Å². The van der Waals surface area contributed by atoms with E-state index >= 15 is 0 Å². The van der Waals surface area contributed by atoms with Gasteiger partial charge in [0.25, 0.3) is 5.69 Å². The zero-order valence-electron chi connectivity index (χ0n) is 15.8. The van der Waals surface area contributed by atoms with Crippen LogP contribution in [0.25, 0.3) is 0 Å². The van der Waals surface area contributed by atoms with Crippen molar-refractivity contribution in [1.29, 1.82) is 0 Å². The van der Waals surface area contributed by atoms with Crippen LogP contribution in [0, 0.1) is 16.0 Å². The van der Waals surface area contributed by atoms with Gasteiger partial charge in [0.05, 0.1) is 23.0 Å². The number of rotatable bonds is 8. The number of hydrazone groups is 1. The van der Waals surface area contributed by atoms with Crippen molar-refractivity contribution < 1.29 is 18.1 Å². The van der Waals surface area contributed by atoms with Crippen molar-refractivity contribution in [3.63, 3.8) is 0 Å². The molecular formula is C17H26N4O5S. The van der Waals surface area contributed by atoms with E-state index in [1.54, 1.807) is 0 Å². The largest absolute Gasteiger partial charge is 0.379 e. The highest BCUT2D eigenvalue weighted by Crippen LogP contribution is 2.29. The van der Waals surface area contributed by atoms with Crippen LogP contribution in [0.4, 0.5) is 11.4 Å². The van der Waals surface area contributed by atoms with Crippen LogP contribution in [-0.2, 0) is 14.8 Å². The second-order valence-corrected chi connectivity index (χ2v) is 8.78. The molecule has 0 unspecified atom stereocenters. The molecule has 9 nitrogen and oxygen atoms in total. The quantitative estimate of drug-likeness (QED) is 0.409. The third-order valence-corrected chi connectivity index (χ3v) is 6.12. The molecule has 1 aliphatic rings. The molecule has 0 saturated carbocycles. The lowest BCUT2D eigenvalue weighted by atomic mass is 10.1. The van der Waals surface area contributed by atoms with Crippen LogP contribution in [0.5, 0.6) is 0 Å². The average Bonchev–Trinajstić information content (AvgIpc) is 2.65. The maximum Gasteiger partial charge on any atom is 0.295 e. The molecule has 0 radical (unpaired) electrons. The molecule has 150 valence electrons. The summed E-state index contributed by atoms with van der Waals surface area (Å²) >= 11 is 0. The van der Waals surface area contributed by atoms with Gasteiger partial charge in [-0.3, -0.25) is 15.5 Å². The second-order valence-electron chi connectivity index (χ2n) is 6.84. The number of hydrogen-bond donors (Lipinski definition) is 1. The van der Waals surface area contributed by atoms with Gasteiger partial charge in [-0.15, -0.1) is 0 Å². The molecule has 1 fully saturated rings. The molecule has 0 bridgehead atoms. The van der Waals surface area contributed by atoms with Crippen molar-refractivity contribution in [2.75, 3.05) is 31.7 Å². The minimum absolute atomic E-state index is 0.109. The number of benzene rings is 1. The summed E-state index contributed by atoms with van der Waals surface area (Å²) in [4.78, 5) is 10.7. The Labute approximate surface area is 159 Å². The first kappa shape index (κ1) is 21.3. The van der Waals surface area contributed by atoms with Gasteiger partial charge in [0, 0.05) is 24.9 Å². The van der Waals surface area contributed by atoms with E-state index in [2.05, 4.69) is 24.4 Å². The topological polar surface area (TPSA) is 114 Å². The van der Waals surface area contributed by atoms with E-state index in [0.717, 1.165) is 24.6 Å². The Hall–Kier alpha value is -2.04. The Balaban J connectivity index is 2.23. The summed E-state index contributed by atoms with van der Waals surface area (Å²) in [5.74, 6) is 0.536. The lowest BCUT2D eigenvalue weighted by Gasteiger charge is -2.26. The van der Waals surface area contributed by atoms with Gasteiger partial charge in [-0.05, 0) is 37.8 Å². The fraction of sp³-hybridized carbons (Fsp3) is 0.588. The molecule has 1 aliphatic heterocycles. The average molecular weight is 398 g/mol. The van der Waals surface area contributed by atoms with Gasteiger partial charge >= 0.3 is 0 Å². The second kappa shape index (κ2) is 9.25. The monoisotopic (exact) mass is 398 g/mol. The molecular weight excluding hydrogens is 372 g/mol. The molecule has 1 aromatic carbocycles. The summed E-state index contributed by atoms with van der Waals surface area (Å²) in [5.41, 5.74) is 3.34. The highest BCUT2D eigenvalue weighted by Gasteiger charge is 2.28. The van der Waals surface area contributed by atoms with Gasteiger partial charge in [-0.1, -0.05) is 13.8 Å². The maximum absolute atomic E-state index is 12.7. The number of nitrogens with one attached hydrogen (secondary N) is 1. The SMILES string of the molecule is C/C(CCC(C)C)=N/Nc1ccc(S(=O)(=O)N2CCOCC2)cc1[N+](=O)[O-]. The number of nitro groups is 1. The maximum atomic E-state index is 12.7. The van der Waals surface area contributed by atoms with Crippen LogP contribution in [0.1, 0.15) is 33.6 Å². The summed E-state index contributed by atoms with van der Waals surface area (Å²) in [6.07, 6.45) is 1.75. The van der Waals surface area contributed by atoms with E-state index in [0.29, 0.717) is 19.1 Å². The minimum atomic E-state index is -3.80. The summed E-state index contributed by atoms with van der Waals surface area (Å²) in [6.45, 7) is 7.15. The van der Waals surface area contributed by atoms with E-state index in [4.69, 9.17) is 4.74 Å². The molecule has 0 amide bonds. The van der Waals surface area contributed by atoms with Crippen LogP contribution in [-0.4, -0.2) is 49.7 Å². The summed E-state index contributed by atoms with van der Waals surface area (Å²) < 4.78 is 31.8. The van der Waals surface area contributed by atoms with E-state index in [-0.39, 0.29) is 29.4 Å². The molecule has 10 heteroatoms. The standard InChI is InChI=1S/C17H26N4O5S/c1-13(2)4-5-14(3)18-19-16-7-6-15(12-17(16)21(22)23)27(24,25)20-8-10-26-11-9-20/h6-7,12-13,19H,4-5,8-11H2,1-3H3/b18-14-. The Kier molecular flexibility index (Phi) is 7.28. The van der Waals surface area contributed by atoms with Crippen molar-refractivity contribution in [3.8, 4) is 0 Å². The highest BCUT2D eigenvalue weighted by atomic mass is 32.2. The minimum Gasteiger partial charge on any atom is -0.379 e. The van der Waals surface area contributed by atoms with Crippen LogP contribution in [0.3, 0.4) is 0 Å². The number of morpholine rings is 1. The molecule has 0 atom stereocenters. The van der Waals surface area contributed by atoms with Gasteiger partial charge < -0.3 is 4.74 Å². The molecule has 27 heavy (non-hydrogen) atoms. The molecule has 1 aromatic rings. The molecule has 1 N–H and O–H groups in total. The number of hydrogen-bond acceptors (Lipinski definition) is 7. The molecule has 0 aliphatic carbocycles. The zero-order valence-corrected chi connectivity index (χ0v) is 16.7. The number of sulfonamides is 1. The predicted octanol–water partition coefficient (Wildman–Crippen LogP) is 2.84. The van der Waals surface area contributed by atoms with Crippen molar-refractivity contribution in [2.24, 2.45) is 11.0 Å². The summed E-state index contributed by atoms with van der Waals surface area (Å²) in [6, 6.07) is 3.82. The third kappa shape index (κ3) is 5.72. The highest BCUT2D eigenvalue weighted by molar-refractivity contribution is 7.89. The van der Waals surface area contributed by atoms with Gasteiger partial charge in [-0.2, -0.15) is 9.41 Å². The lowest BCUT2D eigenvalue weighted by molar-refractivity contribution is -0.384. The first-order valence-electron chi connectivity index (χ1n) is 8.87. The Morgan fingerprint density at radius 2 is 2.04 bits per heavy atom. The number of nitro benzene ring substituents is 1. The predicted molar refractivity (Wildman–Crippen MR) is 103 cm³/mol. The van der Waals surface area contributed by atoms with Crippen molar-refractivity contribution in [3.05, 3.63) is 28.3 Å². The molecule has 1 saturated heterocycles. The smallest absolute Gasteiger partial charge is 0.295 e. The van der Waals surface area contributed by atoms with Gasteiger partial charge in [-0.25, -0.2) is 8.42 Å². The zero-order chi connectivity index (χ0) is 20.0. The van der Waals surface area contributed by atoms with Crippen molar-refractivity contribution in [1.82, 2.24) is 4.31 Å². The molecule has 0 aromatic heterocycles. The Morgan fingerprint density at radius 3 is 2.63 bits per heavy atom. The van der Waals surface area contributed by atoms with E-state index in [1.165, 1.54) is 16.4 Å². The van der Waals surface area contributed by atoms with Gasteiger partial charge in [0.2, 0.25) is 10.0 Å². The fourth-order valence-electron chi connectivity index (χ4n) is 2.56. The lowest BCUT2D eigenvalue weighted by Crippen LogP contribution is -2.40. The Morgan fingerprint density at radius 1 is 1.37 bits per heavy atom. The Bertz CT molecular complexity index is 802. The molecule has 0 spiro atoms. The summed E-state index contributed by atoms with van der Waals surface area (Å²) in [5, 5.41) is 15.6. The summed E-state index contributed by atoms with van der Waals surface area (Å²) in [7, 11) is -3.80. The van der Waals surface area contributed by atoms with Crippen molar-refractivity contribution >= 4 is 27.1 Å². The van der Waals surface area contributed by atoms with Crippen LogP contribution in [0.2, 0.25) is 0 Å². The first-order chi connectivity index (χ1) is 12.7. The van der Waals surface area contributed by atoms with E-state index in [9.17, 15) is 18.5 Å². The van der Waals surface area contributed by atoms with Gasteiger partial charge in [0.1, 0.15) is 5.69 Å². The van der Waals surface area contributed by atoms with Crippen LogP contribution >= 0.6 is 0 Å². The molecule has 1 heterocycles. The number of ether oxygens (including phenoxy) is 1. The van der Waals surface area contributed by atoms with E-state index < -0.39 is 14.9 Å². The number of anilines is 1. The number of nitrogens with zero attached hydrogens (tertiary/aromatic N) is 3. The van der Waals surface area contributed by atoms with Crippen LogP contribution in [0.15, 0.2) is 28.2 Å². The molecule has 2 rings (SSSR count). The van der Waals surface area contributed by atoms with E-state index in [1.807, 2.05) is 6.92 Å². The third-order valence-electron chi connectivity index (χ3n) is 4.22. The fourth-order valence-corrected chi connectivity index (χ4v) is 3.99. The van der Waals surface area contributed by atoms with Crippen molar-refractivity contribution in [2.45, 2.75) is 38.5 Å². The van der Waals surface area contributed by atoms with Crippen LogP contribution < -0.4 is 5.43 Å².